The van der Waals surface area contributed by atoms with Gasteiger partial charge in [-0.05, 0) is 49.8 Å². The molecule has 1 aliphatic carbocycles. The van der Waals surface area contributed by atoms with Crippen LogP contribution in [-0.4, -0.2) is 37.1 Å². The fraction of sp³-hybridized carbons (Fsp3) is 0.318. The normalized spacial score (nSPS) is 15.6. The number of hydrogen-bond donors (Lipinski definition) is 2. The molecule has 5 rings (SSSR count). The van der Waals surface area contributed by atoms with Gasteiger partial charge < -0.3 is 0 Å². The predicted molar refractivity (Wildman–Crippen MR) is 125 cm³/mol. The minimum absolute atomic E-state index is 0.0896. The fourth-order valence-corrected chi connectivity index (χ4v) is 5.94. The Morgan fingerprint density at radius 3 is 2.84 bits per heavy atom. The van der Waals surface area contributed by atoms with Gasteiger partial charge in [0, 0.05) is 10.4 Å². The van der Waals surface area contributed by atoms with Gasteiger partial charge in [0.25, 0.3) is 5.91 Å². The van der Waals surface area contributed by atoms with E-state index in [1.807, 2.05) is 23.5 Å². The molecule has 3 aromatic heterocycles. The number of benzene rings is 1. The van der Waals surface area contributed by atoms with Crippen LogP contribution < -0.4 is 10.9 Å². The lowest BCUT2D eigenvalue weighted by atomic mass is 9.89. The number of carbonyl (C=O) groups excluding carboxylic acids is 2. The second-order valence-corrected chi connectivity index (χ2v) is 10.1. The lowest BCUT2D eigenvalue weighted by Crippen LogP contribution is -2.42. The third-order valence-electron chi connectivity index (χ3n) is 5.63. The summed E-state index contributed by atoms with van der Waals surface area (Å²) in [6.45, 7) is 4.24. The predicted octanol–water partition coefficient (Wildman–Crippen LogP) is 3.33. The van der Waals surface area contributed by atoms with Crippen LogP contribution in [0, 0.1) is 12.8 Å². The Morgan fingerprint density at radius 1 is 1.22 bits per heavy atom. The SMILES string of the molecule is Cc1ccc(C(=O)NNC(=O)CSc2nnc3c4c5c(sc4ncn23)C[C@@H](C)CC5)cc1. The maximum Gasteiger partial charge on any atom is 0.269 e. The monoisotopic (exact) mass is 466 g/mol. The highest BCUT2D eigenvalue weighted by Crippen LogP contribution is 2.39. The van der Waals surface area contributed by atoms with Crippen molar-refractivity contribution in [3.63, 3.8) is 0 Å². The molecule has 0 unspecified atom stereocenters. The highest BCUT2D eigenvalue weighted by atomic mass is 32.2. The number of fused-ring (bicyclic) bond motifs is 5. The van der Waals surface area contributed by atoms with Gasteiger partial charge in [0.2, 0.25) is 5.91 Å². The Labute approximate surface area is 192 Å². The third kappa shape index (κ3) is 3.95. The standard InChI is InChI=1S/C22H22N6O2S2/c1-12-3-6-14(7-4-12)20(30)26-24-17(29)10-31-22-27-25-19-18-15-8-5-13(2)9-16(15)32-21(18)23-11-28(19)22/h3-4,6-7,11,13H,5,8-10H2,1-2H3,(H,24,29)(H,26,30)/t13-/m0/s1. The largest absolute Gasteiger partial charge is 0.272 e. The first-order valence-corrected chi connectivity index (χ1v) is 12.2. The van der Waals surface area contributed by atoms with E-state index in [0.717, 1.165) is 34.3 Å². The maximum atomic E-state index is 12.2. The smallest absolute Gasteiger partial charge is 0.269 e. The van der Waals surface area contributed by atoms with Gasteiger partial charge in [-0.1, -0.05) is 36.4 Å². The summed E-state index contributed by atoms with van der Waals surface area (Å²) in [6.07, 6.45) is 5.02. The fourth-order valence-electron chi connectivity index (χ4n) is 3.89. The number of rotatable bonds is 4. The second kappa shape index (κ2) is 8.51. The molecular weight excluding hydrogens is 444 g/mol. The van der Waals surface area contributed by atoms with E-state index in [1.54, 1.807) is 29.8 Å². The van der Waals surface area contributed by atoms with Gasteiger partial charge in [0.1, 0.15) is 11.2 Å². The van der Waals surface area contributed by atoms with Crippen molar-refractivity contribution in [2.75, 3.05) is 5.75 Å². The van der Waals surface area contributed by atoms with Crippen molar-refractivity contribution < 1.29 is 9.59 Å². The molecule has 10 heteroatoms. The summed E-state index contributed by atoms with van der Waals surface area (Å²) in [7, 11) is 0. The molecular formula is C22H22N6O2S2. The summed E-state index contributed by atoms with van der Waals surface area (Å²) >= 11 is 3.00. The lowest BCUT2D eigenvalue weighted by Gasteiger charge is -2.17. The Hall–Kier alpha value is -2.98. The number of nitrogens with one attached hydrogen (secondary N) is 2. The lowest BCUT2D eigenvalue weighted by molar-refractivity contribution is -0.119. The van der Waals surface area contributed by atoms with Crippen LogP contribution in [0.2, 0.25) is 0 Å². The van der Waals surface area contributed by atoms with Crippen LogP contribution >= 0.6 is 23.1 Å². The van der Waals surface area contributed by atoms with Gasteiger partial charge in [-0.25, -0.2) is 4.98 Å². The van der Waals surface area contributed by atoms with Crippen molar-refractivity contribution >= 4 is 50.8 Å². The number of aryl methyl sites for hydroxylation is 2. The Kier molecular flexibility index (Phi) is 5.56. The van der Waals surface area contributed by atoms with Crippen LogP contribution in [0.4, 0.5) is 0 Å². The van der Waals surface area contributed by atoms with Gasteiger partial charge in [-0.3, -0.25) is 24.8 Å². The van der Waals surface area contributed by atoms with Crippen molar-refractivity contribution in [2.45, 2.75) is 38.3 Å². The van der Waals surface area contributed by atoms with Crippen molar-refractivity contribution in [1.29, 1.82) is 0 Å². The topological polar surface area (TPSA) is 101 Å². The summed E-state index contributed by atoms with van der Waals surface area (Å²) in [6, 6.07) is 7.12. The highest BCUT2D eigenvalue weighted by molar-refractivity contribution is 7.99. The number of nitrogens with zero attached hydrogens (tertiary/aromatic N) is 4. The summed E-state index contributed by atoms with van der Waals surface area (Å²) < 4.78 is 1.84. The van der Waals surface area contributed by atoms with Gasteiger partial charge in [-0.15, -0.1) is 21.5 Å². The van der Waals surface area contributed by atoms with E-state index in [4.69, 9.17) is 0 Å². The molecule has 0 spiro atoms. The molecule has 8 nitrogen and oxygen atoms in total. The van der Waals surface area contributed by atoms with Crippen molar-refractivity contribution in [2.24, 2.45) is 5.92 Å². The maximum absolute atomic E-state index is 12.2. The van der Waals surface area contributed by atoms with E-state index in [9.17, 15) is 9.59 Å². The van der Waals surface area contributed by atoms with Crippen molar-refractivity contribution in [3.8, 4) is 0 Å². The number of thioether (sulfide) groups is 1. The van der Waals surface area contributed by atoms with Crippen LogP contribution in [0.3, 0.4) is 0 Å². The van der Waals surface area contributed by atoms with E-state index >= 15 is 0 Å². The molecule has 0 radical (unpaired) electrons. The Bertz CT molecular complexity index is 1330. The third-order valence-corrected chi connectivity index (χ3v) is 7.74. The molecule has 1 atom stereocenters. The molecule has 4 aromatic rings. The van der Waals surface area contributed by atoms with E-state index < -0.39 is 0 Å². The molecule has 0 bridgehead atoms. The second-order valence-electron chi connectivity index (χ2n) is 8.11. The minimum Gasteiger partial charge on any atom is -0.272 e. The molecule has 0 saturated carbocycles. The molecule has 2 N–H and O–H groups in total. The first kappa shape index (κ1) is 20.9. The van der Waals surface area contributed by atoms with Gasteiger partial charge in [-0.2, -0.15) is 0 Å². The number of hydrogen-bond acceptors (Lipinski definition) is 7. The average Bonchev–Trinajstić information content (AvgIpc) is 3.36. The summed E-state index contributed by atoms with van der Waals surface area (Å²) in [5, 5.41) is 10.4. The highest BCUT2D eigenvalue weighted by Gasteiger charge is 2.24. The zero-order valence-electron chi connectivity index (χ0n) is 17.7. The molecule has 1 aliphatic rings. The van der Waals surface area contributed by atoms with Gasteiger partial charge in [0.15, 0.2) is 10.8 Å². The summed E-state index contributed by atoms with van der Waals surface area (Å²) in [5.41, 5.74) is 8.57. The molecule has 32 heavy (non-hydrogen) atoms. The number of aromatic nitrogens is 4. The Morgan fingerprint density at radius 2 is 2.03 bits per heavy atom. The Balaban J connectivity index is 1.26. The summed E-state index contributed by atoms with van der Waals surface area (Å²) in [4.78, 5) is 31.4. The van der Waals surface area contributed by atoms with E-state index in [-0.39, 0.29) is 17.6 Å². The van der Waals surface area contributed by atoms with Crippen molar-refractivity contribution in [1.82, 2.24) is 30.4 Å². The molecule has 0 saturated heterocycles. The van der Waals surface area contributed by atoms with E-state index in [2.05, 4.69) is 33.0 Å². The zero-order chi connectivity index (χ0) is 22.2. The first-order chi connectivity index (χ1) is 15.5. The quantitative estimate of drug-likeness (QED) is 0.353. The van der Waals surface area contributed by atoms with Crippen LogP contribution in [0.25, 0.3) is 15.9 Å². The summed E-state index contributed by atoms with van der Waals surface area (Å²) in [5.74, 6) is 0.0925. The molecule has 0 aliphatic heterocycles. The average molecular weight is 467 g/mol. The first-order valence-electron chi connectivity index (χ1n) is 10.4. The van der Waals surface area contributed by atoms with E-state index in [0.29, 0.717) is 16.6 Å². The van der Waals surface area contributed by atoms with Crippen LogP contribution in [-0.2, 0) is 17.6 Å². The number of thiophene rings is 1. The number of hydrazine groups is 1. The van der Waals surface area contributed by atoms with Crippen molar-refractivity contribution in [3.05, 3.63) is 52.2 Å². The van der Waals surface area contributed by atoms with Crippen LogP contribution in [0.15, 0.2) is 35.7 Å². The van der Waals surface area contributed by atoms with Gasteiger partial charge >= 0.3 is 0 Å². The molecule has 0 fully saturated rings. The number of amides is 2. The molecule has 2 amide bonds. The molecule has 164 valence electrons. The van der Waals surface area contributed by atoms with Crippen LogP contribution in [0.1, 0.15) is 39.7 Å². The number of carbonyl (C=O) groups is 2. The molecule has 1 aromatic carbocycles. The van der Waals surface area contributed by atoms with Crippen LogP contribution in [0.5, 0.6) is 0 Å². The van der Waals surface area contributed by atoms with E-state index in [1.165, 1.54) is 28.6 Å². The zero-order valence-corrected chi connectivity index (χ0v) is 19.3. The molecule has 3 heterocycles. The minimum atomic E-state index is -0.362. The van der Waals surface area contributed by atoms with Gasteiger partial charge in [0.05, 0.1) is 11.1 Å².